The maximum absolute atomic E-state index is 13.1. The highest BCUT2D eigenvalue weighted by Crippen LogP contribution is 2.38. The molecule has 2 N–H and O–H groups in total. The quantitative estimate of drug-likeness (QED) is 0.707. The number of piperazine rings is 1. The highest BCUT2D eigenvalue weighted by molar-refractivity contribution is 7.80. The molecule has 4 rings (SSSR count). The lowest BCUT2D eigenvalue weighted by Gasteiger charge is -2.38. The van der Waals surface area contributed by atoms with Crippen molar-refractivity contribution in [3.8, 4) is 6.07 Å². The molecule has 8 heteroatoms. The molecule has 0 aliphatic carbocycles. The van der Waals surface area contributed by atoms with Crippen molar-refractivity contribution in [2.45, 2.75) is 61.3 Å². The van der Waals surface area contributed by atoms with Crippen LogP contribution in [0.3, 0.4) is 0 Å². The highest BCUT2D eigenvalue weighted by Gasteiger charge is 2.51. The van der Waals surface area contributed by atoms with Crippen LogP contribution in [-0.2, 0) is 9.59 Å². The van der Waals surface area contributed by atoms with Gasteiger partial charge in [0.25, 0.3) is 0 Å². The molecule has 4 unspecified atom stereocenters. The number of fused-ring (bicyclic) bond motifs is 2. The van der Waals surface area contributed by atoms with Gasteiger partial charge >= 0.3 is 0 Å². The van der Waals surface area contributed by atoms with Gasteiger partial charge in [-0.25, -0.2) is 0 Å². The molecule has 0 radical (unpaired) electrons. The number of hydrogen-bond donors (Lipinski definition) is 2. The number of rotatable bonds is 5. The molecule has 29 heavy (non-hydrogen) atoms. The van der Waals surface area contributed by atoms with Gasteiger partial charge < -0.3 is 15.5 Å². The molecule has 2 bridgehead atoms. The molecule has 5 atom stereocenters. The topological polar surface area (TPSA) is 93.7 Å². The third-order valence-corrected chi connectivity index (χ3v) is 6.84. The van der Waals surface area contributed by atoms with E-state index in [4.69, 9.17) is 5.73 Å². The molecule has 3 fully saturated rings. The number of carbonyl (C=O) groups excluding carboxylic acids is 2. The van der Waals surface area contributed by atoms with E-state index in [-0.39, 0.29) is 36.0 Å². The van der Waals surface area contributed by atoms with Crippen molar-refractivity contribution in [3.63, 3.8) is 0 Å². The van der Waals surface area contributed by atoms with E-state index >= 15 is 0 Å². The minimum Gasteiger partial charge on any atom is -0.330 e. The first-order valence-corrected chi connectivity index (χ1v) is 10.7. The molecule has 0 saturated carbocycles. The average Bonchev–Trinajstić information content (AvgIpc) is 3.41. The first-order chi connectivity index (χ1) is 13.9. The molecule has 3 aliphatic heterocycles. The van der Waals surface area contributed by atoms with E-state index in [0.29, 0.717) is 19.5 Å². The fourth-order valence-electron chi connectivity index (χ4n) is 5.02. The van der Waals surface area contributed by atoms with Gasteiger partial charge in [0, 0.05) is 30.6 Å². The van der Waals surface area contributed by atoms with Gasteiger partial charge in [0.05, 0.1) is 24.2 Å². The lowest BCUT2D eigenvalue weighted by molar-refractivity contribution is -0.140. The third-order valence-electron chi connectivity index (χ3n) is 6.54. The fourth-order valence-corrected chi connectivity index (χ4v) is 5.17. The van der Waals surface area contributed by atoms with E-state index in [2.05, 4.69) is 25.6 Å². The van der Waals surface area contributed by atoms with E-state index in [0.717, 1.165) is 29.8 Å². The van der Waals surface area contributed by atoms with Crippen LogP contribution in [-0.4, -0.2) is 70.3 Å². The van der Waals surface area contributed by atoms with Gasteiger partial charge in [-0.05, 0) is 43.9 Å². The van der Waals surface area contributed by atoms with Crippen molar-refractivity contribution in [2.75, 3.05) is 19.6 Å². The Balaban J connectivity index is 1.39. The standard InChI is InChI=1S/C21H27N5O2S/c1-13(14-4-6-17(29)7-5-14)26-16-9-19(21(26)28)24(11-16)12-18(23)20(27)25-8-2-3-15(25)10-22/h4-7,13,15-16,18-19,29H,2-3,8-9,11-12,23H2,1H3/t13?,15?,16-,18?,19?/m0/s1. The summed E-state index contributed by atoms with van der Waals surface area (Å²) in [5.74, 6) is -0.0687. The Hall–Kier alpha value is -2.08. The summed E-state index contributed by atoms with van der Waals surface area (Å²) in [5.41, 5.74) is 7.29. The zero-order valence-electron chi connectivity index (χ0n) is 16.6. The van der Waals surface area contributed by atoms with Crippen molar-refractivity contribution in [2.24, 2.45) is 5.73 Å². The maximum Gasteiger partial charge on any atom is 0.241 e. The van der Waals surface area contributed by atoms with Gasteiger partial charge in [0.2, 0.25) is 11.8 Å². The Morgan fingerprint density at radius 2 is 2.10 bits per heavy atom. The molecular formula is C21H27N5O2S. The van der Waals surface area contributed by atoms with Crippen LogP contribution in [0, 0.1) is 11.3 Å². The SMILES string of the molecule is CC(c1ccc(S)cc1)N1C(=O)C2C[C@H]1CN2CC(N)C(=O)N1CCCC1C#N. The number of benzene rings is 1. The normalized spacial score (nSPS) is 28.6. The van der Waals surface area contributed by atoms with Gasteiger partial charge in [-0.3, -0.25) is 14.5 Å². The molecule has 0 spiro atoms. The van der Waals surface area contributed by atoms with Gasteiger partial charge in [-0.15, -0.1) is 12.6 Å². The average molecular weight is 414 g/mol. The first kappa shape index (κ1) is 20.2. The summed E-state index contributed by atoms with van der Waals surface area (Å²) in [4.78, 5) is 32.3. The molecule has 3 aliphatic rings. The predicted octanol–water partition coefficient (Wildman–Crippen LogP) is 1.16. The second-order valence-corrected chi connectivity index (χ2v) is 8.81. The van der Waals surface area contributed by atoms with Crippen molar-refractivity contribution in [1.29, 1.82) is 5.26 Å². The van der Waals surface area contributed by atoms with Crippen LogP contribution in [0.1, 0.15) is 37.8 Å². The second-order valence-electron chi connectivity index (χ2n) is 8.30. The van der Waals surface area contributed by atoms with Gasteiger partial charge in [0.15, 0.2) is 0 Å². The number of thiol groups is 1. The molecule has 1 aromatic carbocycles. The number of hydrogen-bond acceptors (Lipinski definition) is 6. The third kappa shape index (κ3) is 3.63. The summed E-state index contributed by atoms with van der Waals surface area (Å²) in [6.07, 6.45) is 2.33. The van der Waals surface area contributed by atoms with E-state index in [1.54, 1.807) is 4.90 Å². The number of nitrogens with zero attached hydrogens (tertiary/aromatic N) is 4. The molecule has 3 heterocycles. The van der Waals surface area contributed by atoms with E-state index in [9.17, 15) is 14.9 Å². The van der Waals surface area contributed by atoms with Gasteiger partial charge in [-0.2, -0.15) is 5.26 Å². The molecular weight excluding hydrogens is 386 g/mol. The molecule has 0 aromatic heterocycles. The first-order valence-electron chi connectivity index (χ1n) is 10.2. The Morgan fingerprint density at radius 3 is 2.76 bits per heavy atom. The Kier molecular flexibility index (Phi) is 5.56. The molecule has 2 amide bonds. The summed E-state index contributed by atoms with van der Waals surface area (Å²) in [6, 6.07) is 8.95. The minimum atomic E-state index is -0.704. The minimum absolute atomic E-state index is 0.00451. The highest BCUT2D eigenvalue weighted by atomic mass is 32.1. The molecule has 7 nitrogen and oxygen atoms in total. The van der Waals surface area contributed by atoms with Crippen LogP contribution >= 0.6 is 12.6 Å². The maximum atomic E-state index is 13.1. The number of carbonyl (C=O) groups is 2. The largest absolute Gasteiger partial charge is 0.330 e. The fraction of sp³-hybridized carbons (Fsp3) is 0.571. The zero-order valence-corrected chi connectivity index (χ0v) is 17.5. The summed E-state index contributed by atoms with van der Waals surface area (Å²) >= 11 is 4.33. The summed E-state index contributed by atoms with van der Waals surface area (Å²) in [7, 11) is 0. The zero-order chi connectivity index (χ0) is 20.7. The number of nitriles is 1. The monoisotopic (exact) mass is 413 g/mol. The van der Waals surface area contributed by atoms with Crippen molar-refractivity contribution < 1.29 is 9.59 Å². The van der Waals surface area contributed by atoms with Crippen molar-refractivity contribution in [1.82, 2.24) is 14.7 Å². The molecule has 3 saturated heterocycles. The van der Waals surface area contributed by atoms with E-state index in [1.807, 2.05) is 34.1 Å². The van der Waals surface area contributed by atoms with Crippen molar-refractivity contribution in [3.05, 3.63) is 29.8 Å². The van der Waals surface area contributed by atoms with Gasteiger partial charge in [0.1, 0.15) is 6.04 Å². The summed E-state index contributed by atoms with van der Waals surface area (Å²) < 4.78 is 0. The van der Waals surface area contributed by atoms with Gasteiger partial charge in [-0.1, -0.05) is 12.1 Å². The Bertz CT molecular complexity index is 838. The van der Waals surface area contributed by atoms with Crippen molar-refractivity contribution >= 4 is 24.4 Å². The van der Waals surface area contributed by atoms with Crippen LogP contribution in [0.25, 0.3) is 0 Å². The Morgan fingerprint density at radius 1 is 1.38 bits per heavy atom. The predicted molar refractivity (Wildman–Crippen MR) is 111 cm³/mol. The second kappa shape index (κ2) is 7.98. The lowest BCUT2D eigenvalue weighted by Crippen LogP contribution is -2.56. The smallest absolute Gasteiger partial charge is 0.241 e. The van der Waals surface area contributed by atoms with Crippen LogP contribution in [0.4, 0.5) is 0 Å². The summed E-state index contributed by atoms with van der Waals surface area (Å²) in [6.45, 7) is 3.73. The number of amides is 2. The van der Waals surface area contributed by atoms with Crippen LogP contribution < -0.4 is 5.73 Å². The van der Waals surface area contributed by atoms with Crippen LogP contribution in [0.15, 0.2) is 29.2 Å². The van der Waals surface area contributed by atoms with Crippen LogP contribution in [0.2, 0.25) is 0 Å². The van der Waals surface area contributed by atoms with Crippen LogP contribution in [0.5, 0.6) is 0 Å². The molecule has 1 aromatic rings. The molecule has 154 valence electrons. The Labute approximate surface area is 176 Å². The lowest BCUT2D eigenvalue weighted by atomic mass is 10.1. The summed E-state index contributed by atoms with van der Waals surface area (Å²) in [5, 5.41) is 9.21. The van der Waals surface area contributed by atoms with E-state index < -0.39 is 6.04 Å². The number of likely N-dealkylation sites (tertiary alicyclic amines) is 3. The van der Waals surface area contributed by atoms with E-state index in [1.165, 1.54) is 0 Å². The number of nitrogens with two attached hydrogens (primary N) is 1.